The first-order chi connectivity index (χ1) is 18.5. The normalized spacial score (nSPS) is 14.4. The lowest BCUT2D eigenvalue weighted by Crippen LogP contribution is -2.29. The molecule has 3 aromatic carbocycles. The third-order valence-corrected chi connectivity index (χ3v) is 7.03. The number of aromatic nitrogens is 3. The third kappa shape index (κ3) is 5.47. The third-order valence-electron chi connectivity index (χ3n) is 6.12. The van der Waals surface area contributed by atoms with Crippen molar-refractivity contribution in [3.05, 3.63) is 118 Å². The van der Waals surface area contributed by atoms with Gasteiger partial charge in [-0.1, -0.05) is 84.6 Å². The molecule has 1 aromatic heterocycles. The number of hydrogen-bond donors (Lipinski definition) is 1. The predicted octanol–water partition coefficient (Wildman–Crippen LogP) is 5.39. The van der Waals surface area contributed by atoms with Gasteiger partial charge < -0.3 is 14.8 Å². The lowest BCUT2D eigenvalue weighted by atomic mass is 9.95. The van der Waals surface area contributed by atoms with E-state index in [-0.39, 0.29) is 6.61 Å². The summed E-state index contributed by atoms with van der Waals surface area (Å²) in [6.45, 7) is 1.97. The Labute approximate surface area is 224 Å². The number of anilines is 1. The van der Waals surface area contributed by atoms with E-state index in [1.807, 2.05) is 55.5 Å². The van der Waals surface area contributed by atoms with Gasteiger partial charge in [0, 0.05) is 11.4 Å². The molecule has 38 heavy (non-hydrogen) atoms. The van der Waals surface area contributed by atoms with Gasteiger partial charge in [-0.2, -0.15) is 4.98 Å². The number of hydrogen-bond acceptors (Lipinski definition) is 8. The van der Waals surface area contributed by atoms with Crippen molar-refractivity contribution in [3.63, 3.8) is 0 Å². The fourth-order valence-electron chi connectivity index (χ4n) is 4.21. The predicted molar refractivity (Wildman–Crippen MR) is 145 cm³/mol. The minimum Gasteiger partial charge on any atom is -0.465 e. The molecule has 0 saturated heterocycles. The quantitative estimate of drug-likeness (QED) is 0.241. The molecule has 4 aromatic rings. The number of allylic oxidation sites excluding steroid dienone is 1. The summed E-state index contributed by atoms with van der Waals surface area (Å²) in [6, 6.07) is 25.9. The maximum Gasteiger partial charge on any atom is 0.338 e. The molecule has 192 valence electrons. The number of carbonyl (C=O) groups excluding carboxylic acids is 2. The summed E-state index contributed by atoms with van der Waals surface area (Å²) in [7, 11) is 1.34. The Balaban J connectivity index is 1.46. The van der Waals surface area contributed by atoms with Crippen LogP contribution < -0.4 is 5.32 Å². The number of methoxy groups -OCH3 is 1. The van der Waals surface area contributed by atoms with E-state index in [9.17, 15) is 9.59 Å². The Morgan fingerprint density at radius 3 is 2.24 bits per heavy atom. The van der Waals surface area contributed by atoms with E-state index in [1.165, 1.54) is 18.9 Å². The van der Waals surface area contributed by atoms with Gasteiger partial charge in [0.05, 0.1) is 18.2 Å². The maximum atomic E-state index is 13.5. The van der Waals surface area contributed by atoms with Gasteiger partial charge in [-0.25, -0.2) is 14.3 Å². The number of carbonyl (C=O) groups is 2. The van der Waals surface area contributed by atoms with Gasteiger partial charge in [0.25, 0.3) is 0 Å². The first kappa shape index (κ1) is 25.3. The minimum absolute atomic E-state index is 0.146. The number of ether oxygens (including phenoxy) is 2. The van der Waals surface area contributed by atoms with Crippen LogP contribution in [0.25, 0.3) is 0 Å². The van der Waals surface area contributed by atoms with Crippen molar-refractivity contribution in [2.45, 2.75) is 30.5 Å². The van der Waals surface area contributed by atoms with E-state index in [2.05, 4.69) is 22.4 Å². The second-order valence-corrected chi connectivity index (χ2v) is 9.62. The van der Waals surface area contributed by atoms with Gasteiger partial charge in [0.15, 0.2) is 0 Å². The SMILES string of the molecule is COC(=O)c1ccc(C2C(C(=O)OCc3ccccc3)=C(C)Nc3nc(SCc4ccccc4)nn32)cc1. The smallest absolute Gasteiger partial charge is 0.338 e. The van der Waals surface area contributed by atoms with Crippen LogP contribution in [0, 0.1) is 0 Å². The Morgan fingerprint density at radius 2 is 1.58 bits per heavy atom. The number of nitrogens with zero attached hydrogens (tertiary/aromatic N) is 3. The highest BCUT2D eigenvalue weighted by Crippen LogP contribution is 2.37. The number of esters is 2. The van der Waals surface area contributed by atoms with E-state index in [0.29, 0.717) is 33.7 Å². The molecular formula is C29H26N4O4S. The van der Waals surface area contributed by atoms with Crippen molar-refractivity contribution >= 4 is 29.6 Å². The Morgan fingerprint density at radius 1 is 0.921 bits per heavy atom. The first-order valence-electron chi connectivity index (χ1n) is 12.0. The van der Waals surface area contributed by atoms with E-state index >= 15 is 0 Å². The summed E-state index contributed by atoms with van der Waals surface area (Å²) >= 11 is 1.51. The van der Waals surface area contributed by atoms with Crippen molar-refractivity contribution in [3.8, 4) is 0 Å². The number of fused-ring (bicyclic) bond motifs is 1. The maximum absolute atomic E-state index is 13.5. The van der Waals surface area contributed by atoms with Crippen molar-refractivity contribution < 1.29 is 19.1 Å². The second-order valence-electron chi connectivity index (χ2n) is 8.68. The average Bonchev–Trinajstić information content (AvgIpc) is 3.37. The van der Waals surface area contributed by atoms with Crippen molar-refractivity contribution in [2.75, 3.05) is 12.4 Å². The van der Waals surface area contributed by atoms with Crippen LogP contribution in [0.1, 0.15) is 40.0 Å². The highest BCUT2D eigenvalue weighted by Gasteiger charge is 2.35. The molecular weight excluding hydrogens is 500 g/mol. The van der Waals surface area contributed by atoms with Gasteiger partial charge in [0.1, 0.15) is 12.6 Å². The van der Waals surface area contributed by atoms with Crippen LogP contribution in [-0.2, 0) is 26.6 Å². The second kappa shape index (κ2) is 11.4. The Hall–Kier alpha value is -4.37. The lowest BCUT2D eigenvalue weighted by molar-refractivity contribution is -0.140. The zero-order chi connectivity index (χ0) is 26.5. The number of nitrogens with one attached hydrogen (secondary N) is 1. The number of thioether (sulfide) groups is 1. The molecule has 0 aliphatic carbocycles. The average molecular weight is 527 g/mol. The van der Waals surface area contributed by atoms with Gasteiger partial charge in [-0.05, 0) is 35.7 Å². The van der Waals surface area contributed by atoms with Crippen LogP contribution in [0.2, 0.25) is 0 Å². The summed E-state index contributed by atoms with van der Waals surface area (Å²) in [4.78, 5) is 30.1. The fourth-order valence-corrected chi connectivity index (χ4v) is 4.99. The van der Waals surface area contributed by atoms with Gasteiger partial charge in [-0.15, -0.1) is 5.10 Å². The van der Waals surface area contributed by atoms with Gasteiger partial charge >= 0.3 is 11.9 Å². The Kier molecular flexibility index (Phi) is 7.55. The van der Waals surface area contributed by atoms with Gasteiger partial charge in [-0.3, -0.25) is 0 Å². The molecule has 1 aliphatic rings. The van der Waals surface area contributed by atoms with E-state index in [0.717, 1.165) is 16.7 Å². The van der Waals surface area contributed by atoms with Crippen LogP contribution in [0.5, 0.6) is 0 Å². The zero-order valence-electron chi connectivity index (χ0n) is 21.0. The molecule has 1 aliphatic heterocycles. The summed E-state index contributed by atoms with van der Waals surface area (Å²) in [5, 5.41) is 8.56. The summed E-state index contributed by atoms with van der Waals surface area (Å²) in [5.74, 6) is 0.346. The molecule has 1 atom stereocenters. The summed E-state index contributed by atoms with van der Waals surface area (Å²) in [5.41, 5.74) is 4.27. The van der Waals surface area contributed by atoms with Crippen molar-refractivity contribution in [1.82, 2.24) is 14.8 Å². The molecule has 1 N–H and O–H groups in total. The van der Waals surface area contributed by atoms with Crippen molar-refractivity contribution in [2.24, 2.45) is 0 Å². The molecule has 8 nitrogen and oxygen atoms in total. The summed E-state index contributed by atoms with van der Waals surface area (Å²) in [6.07, 6.45) is 0. The number of benzene rings is 3. The standard InChI is InChI=1S/C29H26N4O4S/c1-19-24(27(35)37-17-20-9-5-3-6-10-20)25(22-13-15-23(16-14-22)26(34)36-2)33-28(30-19)31-29(32-33)38-18-21-11-7-4-8-12-21/h3-16,25H,17-18H2,1-2H3,(H,30,31,32). The van der Waals surface area contributed by atoms with Crippen LogP contribution in [0.3, 0.4) is 0 Å². The molecule has 5 rings (SSSR count). The molecule has 0 bridgehead atoms. The van der Waals surface area contributed by atoms with E-state index < -0.39 is 18.0 Å². The van der Waals surface area contributed by atoms with Crippen LogP contribution in [0.4, 0.5) is 5.95 Å². The van der Waals surface area contributed by atoms with Crippen LogP contribution >= 0.6 is 11.8 Å². The van der Waals surface area contributed by atoms with Crippen molar-refractivity contribution in [1.29, 1.82) is 0 Å². The highest BCUT2D eigenvalue weighted by atomic mass is 32.2. The first-order valence-corrected chi connectivity index (χ1v) is 13.0. The van der Waals surface area contributed by atoms with E-state index in [1.54, 1.807) is 28.9 Å². The van der Waals surface area contributed by atoms with Gasteiger partial charge in [0.2, 0.25) is 11.1 Å². The zero-order valence-corrected chi connectivity index (χ0v) is 21.8. The highest BCUT2D eigenvalue weighted by molar-refractivity contribution is 7.98. The van der Waals surface area contributed by atoms with Crippen LogP contribution in [0.15, 0.2) is 101 Å². The molecule has 9 heteroatoms. The van der Waals surface area contributed by atoms with E-state index in [4.69, 9.17) is 14.6 Å². The Bertz CT molecular complexity index is 1470. The molecule has 0 radical (unpaired) electrons. The molecule has 0 fully saturated rings. The van der Waals surface area contributed by atoms with Crippen LogP contribution in [-0.4, -0.2) is 33.8 Å². The number of rotatable bonds is 8. The lowest BCUT2D eigenvalue weighted by Gasteiger charge is -2.28. The monoisotopic (exact) mass is 526 g/mol. The molecule has 0 saturated carbocycles. The molecule has 0 spiro atoms. The molecule has 0 amide bonds. The largest absolute Gasteiger partial charge is 0.465 e. The fraction of sp³-hybridized carbons (Fsp3) is 0.172. The minimum atomic E-state index is -0.597. The molecule has 2 heterocycles. The molecule has 1 unspecified atom stereocenters. The summed E-state index contributed by atoms with van der Waals surface area (Å²) < 4.78 is 12.3. The topological polar surface area (TPSA) is 95.3 Å².